The van der Waals surface area contributed by atoms with E-state index in [4.69, 9.17) is 20.4 Å². The molecular formula is C35H45N9O2. The lowest BCUT2D eigenvalue weighted by Gasteiger charge is -2.43. The monoisotopic (exact) mass is 623 g/mol. The molecule has 0 unspecified atom stereocenters. The number of anilines is 3. The van der Waals surface area contributed by atoms with Crippen molar-refractivity contribution < 1.29 is 9.53 Å². The van der Waals surface area contributed by atoms with Gasteiger partial charge in [0.1, 0.15) is 11.0 Å². The van der Waals surface area contributed by atoms with Crippen molar-refractivity contribution >= 4 is 45.0 Å². The number of hydrogen-bond acceptors (Lipinski definition) is 9. The SMILES string of the molecule is CCc1cc(Nc2nc3c(nc2C(N)=O)c2ccccc2c(=N)n3C2CCOCC2)ccc1N1CCC(N2CCN(C)CC2)CC1. The second-order valence-corrected chi connectivity index (χ2v) is 12.9. The second kappa shape index (κ2) is 13.0. The Morgan fingerprint density at radius 1 is 0.957 bits per heavy atom. The number of primary amides is 1. The Hall–Kier alpha value is -4.06. The van der Waals surface area contributed by atoms with E-state index in [1.165, 1.54) is 37.2 Å². The molecule has 2 aromatic carbocycles. The lowest BCUT2D eigenvalue weighted by molar-refractivity contribution is 0.0695. The first-order valence-corrected chi connectivity index (χ1v) is 16.8. The molecule has 0 bridgehead atoms. The molecule has 11 heteroatoms. The van der Waals surface area contributed by atoms with Crippen LogP contribution in [0.3, 0.4) is 0 Å². The Kier molecular flexibility index (Phi) is 8.63. The van der Waals surface area contributed by atoms with Gasteiger partial charge in [-0.25, -0.2) is 9.97 Å². The number of nitrogens with zero attached hydrogens (tertiary/aromatic N) is 6. The van der Waals surface area contributed by atoms with Gasteiger partial charge in [-0.1, -0.05) is 31.2 Å². The van der Waals surface area contributed by atoms with Gasteiger partial charge in [-0.2, -0.15) is 0 Å². The van der Waals surface area contributed by atoms with Crippen LogP contribution in [0.15, 0.2) is 42.5 Å². The van der Waals surface area contributed by atoms with Crippen molar-refractivity contribution in [3.05, 3.63) is 59.2 Å². The number of benzene rings is 2. The van der Waals surface area contributed by atoms with Crippen LogP contribution in [0.1, 0.15) is 54.7 Å². The van der Waals surface area contributed by atoms with Crippen LogP contribution in [0.25, 0.3) is 21.9 Å². The molecule has 0 spiro atoms. The normalized spacial score (nSPS) is 19.2. The third-order valence-corrected chi connectivity index (χ3v) is 10.2. The Morgan fingerprint density at radius 3 is 2.37 bits per heavy atom. The summed E-state index contributed by atoms with van der Waals surface area (Å²) >= 11 is 0. The average molecular weight is 624 g/mol. The maximum atomic E-state index is 12.8. The fourth-order valence-corrected chi connectivity index (χ4v) is 7.52. The highest BCUT2D eigenvalue weighted by molar-refractivity contribution is 6.05. The quantitative estimate of drug-likeness (QED) is 0.263. The number of ether oxygens (including phenoxy) is 1. The molecule has 3 aliphatic rings. The van der Waals surface area contributed by atoms with Gasteiger partial charge in [0.05, 0.1) is 0 Å². The van der Waals surface area contributed by atoms with Gasteiger partial charge < -0.3 is 30.2 Å². The van der Waals surface area contributed by atoms with E-state index >= 15 is 0 Å². The number of amides is 1. The molecule has 46 heavy (non-hydrogen) atoms. The molecule has 0 saturated carbocycles. The fraction of sp³-hybridized carbons (Fsp3) is 0.486. The predicted molar refractivity (Wildman–Crippen MR) is 182 cm³/mol. The maximum Gasteiger partial charge on any atom is 0.271 e. The summed E-state index contributed by atoms with van der Waals surface area (Å²) in [5.74, 6) is -0.345. The number of aryl methyl sites for hydroxylation is 1. The van der Waals surface area contributed by atoms with Gasteiger partial charge in [0.2, 0.25) is 0 Å². The standard InChI is InChI=1S/C35H45N9O2/c1-3-23-22-24(8-9-29(23)43-14-10-25(11-15-43)42-18-16-41(2)17-19-42)38-34-31(33(37)45)39-30-27-6-4-5-7-28(27)32(36)44(35(30)40-34)26-12-20-46-21-13-26/h4-9,22,25-26,36H,3,10-21H2,1-2H3,(H2,37,45)(H,38,40). The number of carbonyl (C=O) groups excluding carboxylic acids is 1. The van der Waals surface area contributed by atoms with Crippen LogP contribution in [0.2, 0.25) is 0 Å². The minimum absolute atomic E-state index is 0.0429. The molecule has 2 aromatic heterocycles. The van der Waals surface area contributed by atoms with Crippen molar-refractivity contribution in [3.63, 3.8) is 0 Å². The molecular weight excluding hydrogens is 578 g/mol. The van der Waals surface area contributed by atoms with Crippen LogP contribution < -0.4 is 21.4 Å². The van der Waals surface area contributed by atoms with Crippen LogP contribution in [0, 0.1) is 5.41 Å². The fourth-order valence-electron chi connectivity index (χ4n) is 7.52. The number of aromatic nitrogens is 3. The number of piperazine rings is 1. The third-order valence-electron chi connectivity index (χ3n) is 10.2. The van der Waals surface area contributed by atoms with Crippen molar-refractivity contribution in [2.24, 2.45) is 5.73 Å². The van der Waals surface area contributed by atoms with Gasteiger partial charge in [0.25, 0.3) is 5.91 Å². The lowest BCUT2D eigenvalue weighted by Crippen LogP contribution is -2.52. The van der Waals surface area contributed by atoms with E-state index in [0.717, 1.165) is 61.9 Å². The zero-order valence-electron chi connectivity index (χ0n) is 27.0. The smallest absolute Gasteiger partial charge is 0.271 e. The van der Waals surface area contributed by atoms with Gasteiger partial charge in [0.15, 0.2) is 17.2 Å². The van der Waals surface area contributed by atoms with Crippen LogP contribution in [-0.4, -0.2) is 95.8 Å². The first-order chi connectivity index (χ1) is 22.4. The first kappa shape index (κ1) is 30.6. The number of likely N-dealkylation sites (N-methyl/N-ethyl adjacent to an activating group) is 1. The minimum Gasteiger partial charge on any atom is -0.381 e. The number of fused-ring (bicyclic) bond motifs is 3. The number of piperidine rings is 1. The highest BCUT2D eigenvalue weighted by atomic mass is 16.5. The molecule has 4 N–H and O–H groups in total. The molecule has 11 nitrogen and oxygen atoms in total. The van der Waals surface area contributed by atoms with Gasteiger partial charge in [-0.05, 0) is 62.9 Å². The Bertz CT molecular complexity index is 1800. The first-order valence-electron chi connectivity index (χ1n) is 16.8. The van der Waals surface area contributed by atoms with Gasteiger partial charge in [-0.15, -0.1) is 0 Å². The van der Waals surface area contributed by atoms with Crippen molar-refractivity contribution in [3.8, 4) is 0 Å². The molecule has 5 heterocycles. The van der Waals surface area contributed by atoms with E-state index in [1.807, 2.05) is 28.8 Å². The molecule has 1 amide bonds. The van der Waals surface area contributed by atoms with E-state index in [0.29, 0.717) is 41.7 Å². The zero-order chi connectivity index (χ0) is 31.8. The van der Waals surface area contributed by atoms with E-state index in [9.17, 15) is 10.2 Å². The molecule has 0 atom stereocenters. The van der Waals surface area contributed by atoms with Gasteiger partial charge in [0, 0.05) is 86.7 Å². The predicted octanol–water partition coefficient (Wildman–Crippen LogP) is 4.04. The molecule has 242 valence electrons. The molecule has 7 rings (SSSR count). The van der Waals surface area contributed by atoms with E-state index in [1.54, 1.807) is 0 Å². The average Bonchev–Trinajstić information content (AvgIpc) is 3.09. The van der Waals surface area contributed by atoms with Gasteiger partial charge >= 0.3 is 0 Å². The molecule has 3 saturated heterocycles. The number of rotatable bonds is 7. The molecule has 0 radical (unpaired) electrons. The number of pyridine rings is 1. The number of nitrogens with one attached hydrogen (secondary N) is 2. The van der Waals surface area contributed by atoms with Crippen LogP contribution in [0.5, 0.6) is 0 Å². The summed E-state index contributed by atoms with van der Waals surface area (Å²) in [7, 11) is 2.21. The summed E-state index contributed by atoms with van der Waals surface area (Å²) < 4.78 is 7.60. The van der Waals surface area contributed by atoms with E-state index in [-0.39, 0.29) is 11.7 Å². The minimum atomic E-state index is -0.649. The van der Waals surface area contributed by atoms with E-state index in [2.05, 4.69) is 52.2 Å². The number of carbonyl (C=O) groups is 1. The third kappa shape index (κ3) is 5.83. The maximum absolute atomic E-state index is 12.8. The van der Waals surface area contributed by atoms with Crippen molar-refractivity contribution in [2.45, 2.75) is 51.1 Å². The summed E-state index contributed by atoms with van der Waals surface area (Å²) in [4.78, 5) is 30.3. The lowest BCUT2D eigenvalue weighted by atomic mass is 10.00. The van der Waals surface area contributed by atoms with Crippen molar-refractivity contribution in [2.75, 3.05) is 69.7 Å². The van der Waals surface area contributed by atoms with Crippen LogP contribution in [0.4, 0.5) is 17.2 Å². The molecule has 0 aliphatic carbocycles. The summed E-state index contributed by atoms with van der Waals surface area (Å²) in [6, 6.07) is 14.8. The zero-order valence-corrected chi connectivity index (χ0v) is 27.0. The second-order valence-electron chi connectivity index (χ2n) is 12.9. The topological polar surface area (TPSA) is 129 Å². The summed E-state index contributed by atoms with van der Waals surface area (Å²) in [6.45, 7) is 10.2. The van der Waals surface area contributed by atoms with Crippen molar-refractivity contribution in [1.82, 2.24) is 24.3 Å². The Balaban J connectivity index is 1.20. The highest BCUT2D eigenvalue weighted by Crippen LogP contribution is 2.32. The van der Waals surface area contributed by atoms with E-state index < -0.39 is 5.91 Å². The van der Waals surface area contributed by atoms with Crippen LogP contribution in [-0.2, 0) is 11.2 Å². The van der Waals surface area contributed by atoms with Crippen molar-refractivity contribution in [1.29, 1.82) is 5.41 Å². The summed E-state index contributed by atoms with van der Waals surface area (Å²) in [5.41, 5.74) is 10.9. The summed E-state index contributed by atoms with van der Waals surface area (Å²) in [6.07, 6.45) is 4.80. The Morgan fingerprint density at radius 2 is 1.67 bits per heavy atom. The largest absolute Gasteiger partial charge is 0.381 e. The number of nitrogens with two attached hydrogens (primary N) is 1. The van der Waals surface area contributed by atoms with Gasteiger partial charge in [-0.3, -0.25) is 15.1 Å². The molecule has 3 aliphatic heterocycles. The Labute approximate surface area is 269 Å². The highest BCUT2D eigenvalue weighted by Gasteiger charge is 2.28. The molecule has 3 fully saturated rings. The molecule has 4 aromatic rings. The number of hydrogen-bond donors (Lipinski definition) is 3. The summed E-state index contributed by atoms with van der Waals surface area (Å²) in [5, 5.41) is 14.1. The van der Waals surface area contributed by atoms with Crippen LogP contribution >= 0.6 is 0 Å².